The summed E-state index contributed by atoms with van der Waals surface area (Å²) in [6.07, 6.45) is 2.30. The molecule has 1 unspecified atom stereocenters. The minimum absolute atomic E-state index is 0.274. The predicted molar refractivity (Wildman–Crippen MR) is 121 cm³/mol. The number of ether oxygens (including phenoxy) is 1. The maximum absolute atomic E-state index is 13.4. The molecule has 0 aliphatic carbocycles. The van der Waals surface area contributed by atoms with Gasteiger partial charge in [0.2, 0.25) is 0 Å². The van der Waals surface area contributed by atoms with Crippen molar-refractivity contribution in [2.45, 2.75) is 12.5 Å². The van der Waals surface area contributed by atoms with Crippen LogP contribution in [0.25, 0.3) is 10.9 Å². The molecule has 4 aromatic rings. The predicted octanol–water partition coefficient (Wildman–Crippen LogP) is 5.39. The number of hydrogen-bond donors (Lipinski definition) is 1. The number of nitrogens with one attached hydrogen (secondary N) is 1. The Bertz CT molecular complexity index is 1300. The number of fused-ring (bicyclic) bond motifs is 2. The van der Waals surface area contributed by atoms with Crippen molar-refractivity contribution >= 4 is 40.0 Å². The first kappa shape index (κ1) is 19.8. The third kappa shape index (κ3) is 3.82. The number of hydrogen-bond acceptors (Lipinski definition) is 4. The summed E-state index contributed by atoms with van der Waals surface area (Å²) in [7, 11) is 0. The first-order valence-electron chi connectivity index (χ1n) is 9.82. The highest BCUT2D eigenvalue weighted by Crippen LogP contribution is 2.34. The summed E-state index contributed by atoms with van der Waals surface area (Å²) >= 11 is 12.8. The number of carbonyl (C=O) groups is 1. The quantitative estimate of drug-likeness (QED) is 0.453. The van der Waals surface area contributed by atoms with Gasteiger partial charge in [0.1, 0.15) is 5.75 Å². The number of amides is 1. The average molecular weight is 450 g/mol. The Morgan fingerprint density at radius 2 is 1.94 bits per heavy atom. The molecule has 2 heterocycles. The normalized spacial score (nSPS) is 13.5. The van der Waals surface area contributed by atoms with Crippen LogP contribution in [0.3, 0.4) is 0 Å². The lowest BCUT2D eigenvalue weighted by Gasteiger charge is -2.22. The lowest BCUT2D eigenvalue weighted by molar-refractivity contribution is 0.0944. The van der Waals surface area contributed by atoms with E-state index in [0.29, 0.717) is 33.3 Å². The third-order valence-corrected chi connectivity index (χ3v) is 5.96. The molecule has 1 aliphatic rings. The molecular formula is C24H17Cl2N3O2. The van der Waals surface area contributed by atoms with Crippen molar-refractivity contribution in [3.8, 4) is 5.75 Å². The molecule has 1 N–H and O–H groups in total. The van der Waals surface area contributed by atoms with Crippen LogP contribution in [0.5, 0.6) is 5.75 Å². The van der Waals surface area contributed by atoms with Gasteiger partial charge in [-0.05, 0) is 53.1 Å². The Kier molecular flexibility index (Phi) is 5.22. The number of rotatable bonds is 4. The second-order valence-electron chi connectivity index (χ2n) is 7.31. The van der Waals surface area contributed by atoms with E-state index in [1.54, 1.807) is 18.2 Å². The Hall–Kier alpha value is -3.15. The molecule has 0 saturated heterocycles. The van der Waals surface area contributed by atoms with Crippen LogP contribution in [0.15, 0.2) is 66.9 Å². The molecule has 7 heteroatoms. The average Bonchev–Trinajstić information content (AvgIpc) is 3.26. The summed E-state index contributed by atoms with van der Waals surface area (Å²) in [6.45, 7) is 0.655. The fourth-order valence-electron chi connectivity index (χ4n) is 3.86. The van der Waals surface area contributed by atoms with Crippen LogP contribution in [0.2, 0.25) is 10.0 Å². The van der Waals surface area contributed by atoms with Gasteiger partial charge < -0.3 is 10.1 Å². The van der Waals surface area contributed by atoms with E-state index >= 15 is 0 Å². The number of benzene rings is 3. The minimum atomic E-state index is -0.503. The third-order valence-electron chi connectivity index (χ3n) is 5.38. The highest BCUT2D eigenvalue weighted by molar-refractivity contribution is 6.33. The minimum Gasteiger partial charge on any atom is -0.493 e. The Morgan fingerprint density at radius 3 is 2.84 bits per heavy atom. The van der Waals surface area contributed by atoms with E-state index < -0.39 is 6.04 Å². The molecule has 1 amide bonds. The van der Waals surface area contributed by atoms with E-state index in [1.165, 1.54) is 6.20 Å². The van der Waals surface area contributed by atoms with Gasteiger partial charge in [-0.2, -0.15) is 10.2 Å². The molecule has 5 rings (SSSR count). The van der Waals surface area contributed by atoms with Crippen LogP contribution in [0.1, 0.15) is 33.1 Å². The van der Waals surface area contributed by atoms with Crippen LogP contribution in [0.4, 0.5) is 0 Å². The van der Waals surface area contributed by atoms with E-state index in [2.05, 4.69) is 15.5 Å². The maximum atomic E-state index is 13.4. The second-order valence-corrected chi connectivity index (χ2v) is 8.16. The fraction of sp³-hybridized carbons (Fsp3) is 0.125. The first-order chi connectivity index (χ1) is 15.1. The van der Waals surface area contributed by atoms with Crippen LogP contribution in [-0.2, 0) is 6.42 Å². The monoisotopic (exact) mass is 449 g/mol. The van der Waals surface area contributed by atoms with Gasteiger partial charge in [0.05, 0.1) is 29.9 Å². The summed E-state index contributed by atoms with van der Waals surface area (Å²) in [5, 5.41) is 13.0. The Labute approximate surface area is 189 Å². The molecule has 1 atom stereocenters. The molecule has 31 heavy (non-hydrogen) atoms. The van der Waals surface area contributed by atoms with Crippen LogP contribution in [0, 0.1) is 0 Å². The molecule has 1 aromatic heterocycles. The SMILES string of the molecule is O=C(NC(c1ccc2c(c1)CCO2)c1cc(Cl)ccc1Cl)c1cnnc2ccccc12. The standard InChI is InChI=1S/C24H17Cl2N3O2/c25-16-6-7-20(26)18(12-16)23(15-5-8-22-14(11-15)9-10-31-22)28-24(30)19-13-27-29-21-4-2-1-3-17(19)21/h1-8,11-13,23H,9-10H2,(H,28,30). The molecule has 3 aromatic carbocycles. The van der Waals surface area contributed by atoms with Crippen molar-refractivity contribution in [1.29, 1.82) is 0 Å². The van der Waals surface area contributed by atoms with E-state index in [-0.39, 0.29) is 5.91 Å². The van der Waals surface area contributed by atoms with Gasteiger partial charge in [0, 0.05) is 21.9 Å². The van der Waals surface area contributed by atoms with E-state index in [1.807, 2.05) is 42.5 Å². The lowest BCUT2D eigenvalue weighted by atomic mass is 9.95. The van der Waals surface area contributed by atoms with Gasteiger partial charge in [0.25, 0.3) is 5.91 Å². The van der Waals surface area contributed by atoms with Crippen molar-refractivity contribution in [3.05, 3.63) is 99.2 Å². The van der Waals surface area contributed by atoms with Gasteiger partial charge in [-0.3, -0.25) is 4.79 Å². The number of nitrogens with zero attached hydrogens (tertiary/aromatic N) is 2. The molecule has 0 spiro atoms. The molecular weight excluding hydrogens is 433 g/mol. The van der Waals surface area contributed by atoms with E-state index in [4.69, 9.17) is 27.9 Å². The van der Waals surface area contributed by atoms with Crippen LogP contribution < -0.4 is 10.1 Å². The molecule has 0 bridgehead atoms. The van der Waals surface area contributed by atoms with Gasteiger partial charge in [-0.1, -0.05) is 47.5 Å². The summed E-state index contributed by atoms with van der Waals surface area (Å²) in [5.41, 5.74) is 3.81. The van der Waals surface area contributed by atoms with Crippen LogP contribution in [-0.4, -0.2) is 22.7 Å². The summed E-state index contributed by atoms with van der Waals surface area (Å²) in [6, 6.07) is 18.1. The Morgan fingerprint density at radius 1 is 1.06 bits per heavy atom. The fourth-order valence-corrected chi connectivity index (χ4v) is 4.27. The molecule has 0 radical (unpaired) electrons. The van der Waals surface area contributed by atoms with Crippen molar-refractivity contribution in [3.63, 3.8) is 0 Å². The number of halogens is 2. The first-order valence-corrected chi connectivity index (χ1v) is 10.6. The lowest BCUT2D eigenvalue weighted by Crippen LogP contribution is -2.30. The maximum Gasteiger partial charge on any atom is 0.254 e. The van der Waals surface area contributed by atoms with Crippen molar-refractivity contribution in [2.24, 2.45) is 0 Å². The van der Waals surface area contributed by atoms with E-state index in [9.17, 15) is 4.79 Å². The molecule has 0 saturated carbocycles. The zero-order valence-corrected chi connectivity index (χ0v) is 17.8. The van der Waals surface area contributed by atoms with E-state index in [0.717, 1.165) is 28.7 Å². The number of carbonyl (C=O) groups excluding carboxylic acids is 1. The van der Waals surface area contributed by atoms with Gasteiger partial charge >= 0.3 is 0 Å². The topological polar surface area (TPSA) is 64.1 Å². The smallest absolute Gasteiger partial charge is 0.254 e. The summed E-state index contributed by atoms with van der Waals surface area (Å²) in [4.78, 5) is 13.4. The molecule has 5 nitrogen and oxygen atoms in total. The summed E-state index contributed by atoms with van der Waals surface area (Å²) in [5.74, 6) is 0.597. The molecule has 0 fully saturated rings. The Balaban J connectivity index is 1.59. The number of aromatic nitrogens is 2. The largest absolute Gasteiger partial charge is 0.493 e. The van der Waals surface area contributed by atoms with Crippen molar-refractivity contribution < 1.29 is 9.53 Å². The van der Waals surface area contributed by atoms with Crippen LogP contribution >= 0.6 is 23.2 Å². The molecule has 1 aliphatic heterocycles. The zero-order valence-electron chi connectivity index (χ0n) is 16.3. The zero-order chi connectivity index (χ0) is 21.4. The summed E-state index contributed by atoms with van der Waals surface area (Å²) < 4.78 is 5.63. The molecule has 154 valence electrons. The van der Waals surface area contributed by atoms with Gasteiger partial charge in [0.15, 0.2) is 0 Å². The highest BCUT2D eigenvalue weighted by Gasteiger charge is 2.24. The van der Waals surface area contributed by atoms with Crippen molar-refractivity contribution in [2.75, 3.05) is 6.61 Å². The van der Waals surface area contributed by atoms with Gasteiger partial charge in [-0.25, -0.2) is 0 Å². The highest BCUT2D eigenvalue weighted by atomic mass is 35.5. The second kappa shape index (κ2) is 8.17. The van der Waals surface area contributed by atoms with Gasteiger partial charge in [-0.15, -0.1) is 0 Å². The van der Waals surface area contributed by atoms with Crippen molar-refractivity contribution in [1.82, 2.24) is 15.5 Å².